The summed E-state index contributed by atoms with van der Waals surface area (Å²) in [6.45, 7) is 9.84. The van der Waals surface area contributed by atoms with Crippen molar-refractivity contribution in [1.29, 1.82) is 0 Å². The second-order valence-electron chi connectivity index (χ2n) is 7.76. The fraction of sp³-hybridized carbons (Fsp3) is 0.350. The summed E-state index contributed by atoms with van der Waals surface area (Å²) in [5.41, 5.74) is 0.790. The smallest absolute Gasteiger partial charge is 0.142 e. The first-order valence-electron chi connectivity index (χ1n) is 9.02. The molecule has 0 amide bonds. The summed E-state index contributed by atoms with van der Waals surface area (Å²) in [6, 6.07) is 7.59. The third-order valence-electron chi connectivity index (χ3n) is 4.26. The standard InChI is InChI=1S/C20H25FN4OSi/c1-15-23-12-18(13-24-15)25(14-26-9-10-27(2,3)4)20-19-6-5-17(21)11-16(19)7-8-22-20/h5-8,11-13H,9-10,14H2,1-4H3. The van der Waals surface area contributed by atoms with E-state index in [1.165, 1.54) is 12.1 Å². The summed E-state index contributed by atoms with van der Waals surface area (Å²) in [4.78, 5) is 15.1. The van der Waals surface area contributed by atoms with Crippen LogP contribution in [0.5, 0.6) is 0 Å². The van der Waals surface area contributed by atoms with Crippen LogP contribution in [0, 0.1) is 12.7 Å². The number of benzene rings is 1. The fourth-order valence-electron chi connectivity index (χ4n) is 2.67. The van der Waals surface area contributed by atoms with E-state index in [-0.39, 0.29) is 5.82 Å². The highest BCUT2D eigenvalue weighted by Gasteiger charge is 2.17. The molecule has 0 bridgehead atoms. The molecule has 3 aromatic rings. The van der Waals surface area contributed by atoms with Gasteiger partial charge in [0.25, 0.3) is 0 Å². The van der Waals surface area contributed by atoms with Crippen molar-refractivity contribution in [3.05, 3.63) is 54.5 Å². The van der Waals surface area contributed by atoms with Gasteiger partial charge < -0.3 is 4.74 Å². The third kappa shape index (κ3) is 5.08. The molecule has 0 spiro atoms. The molecule has 0 aliphatic heterocycles. The Hall–Kier alpha value is -2.38. The minimum absolute atomic E-state index is 0.267. The quantitative estimate of drug-likeness (QED) is 0.329. The van der Waals surface area contributed by atoms with Crippen LogP contribution in [0.3, 0.4) is 0 Å². The molecule has 0 N–H and O–H groups in total. The molecule has 0 fully saturated rings. The molecule has 2 aromatic heterocycles. The van der Waals surface area contributed by atoms with Crippen LogP contribution in [0.2, 0.25) is 25.7 Å². The van der Waals surface area contributed by atoms with E-state index in [2.05, 4.69) is 34.6 Å². The van der Waals surface area contributed by atoms with Gasteiger partial charge in [-0.05, 0) is 42.6 Å². The number of hydrogen-bond acceptors (Lipinski definition) is 5. The Bertz CT molecular complexity index is 912. The predicted molar refractivity (Wildman–Crippen MR) is 110 cm³/mol. The number of fused-ring (bicyclic) bond motifs is 1. The number of nitrogens with zero attached hydrogens (tertiary/aromatic N) is 4. The molecular weight excluding hydrogens is 359 g/mol. The maximum Gasteiger partial charge on any atom is 0.142 e. The van der Waals surface area contributed by atoms with E-state index in [0.717, 1.165) is 22.5 Å². The lowest BCUT2D eigenvalue weighted by Gasteiger charge is -2.25. The average Bonchev–Trinajstić information content (AvgIpc) is 2.61. The number of ether oxygens (including phenoxy) is 1. The second-order valence-corrected chi connectivity index (χ2v) is 13.4. The lowest BCUT2D eigenvalue weighted by molar-refractivity contribution is 0.153. The monoisotopic (exact) mass is 384 g/mol. The number of hydrogen-bond donors (Lipinski definition) is 0. The van der Waals surface area contributed by atoms with Crippen LogP contribution in [0.1, 0.15) is 5.82 Å². The van der Waals surface area contributed by atoms with Gasteiger partial charge in [-0.15, -0.1) is 0 Å². The van der Waals surface area contributed by atoms with Gasteiger partial charge in [-0.1, -0.05) is 19.6 Å². The number of anilines is 2. The topological polar surface area (TPSA) is 51.1 Å². The number of aromatic nitrogens is 3. The summed E-state index contributed by atoms with van der Waals surface area (Å²) in [7, 11) is -1.17. The Labute approximate surface area is 160 Å². The molecule has 7 heteroatoms. The Morgan fingerprint density at radius 2 is 1.81 bits per heavy atom. The maximum atomic E-state index is 13.6. The zero-order valence-electron chi connectivity index (χ0n) is 16.2. The maximum absolute atomic E-state index is 13.6. The molecule has 142 valence electrons. The van der Waals surface area contributed by atoms with Gasteiger partial charge in [0.15, 0.2) is 0 Å². The van der Waals surface area contributed by atoms with Gasteiger partial charge in [0.2, 0.25) is 0 Å². The number of aryl methyl sites for hydroxylation is 1. The molecular formula is C20H25FN4OSi. The summed E-state index contributed by atoms with van der Waals surface area (Å²) < 4.78 is 19.6. The van der Waals surface area contributed by atoms with Crippen molar-refractivity contribution in [2.45, 2.75) is 32.6 Å². The minimum atomic E-state index is -1.17. The third-order valence-corrected chi connectivity index (χ3v) is 5.96. The lowest BCUT2D eigenvalue weighted by atomic mass is 10.1. The predicted octanol–water partition coefficient (Wildman–Crippen LogP) is 4.92. The molecule has 3 rings (SSSR count). The summed E-state index contributed by atoms with van der Waals surface area (Å²) in [6.07, 6.45) is 5.20. The van der Waals surface area contributed by atoms with E-state index >= 15 is 0 Å². The first kappa shape index (κ1) is 19.4. The van der Waals surface area contributed by atoms with E-state index in [1.807, 2.05) is 11.8 Å². The molecule has 0 aliphatic rings. The molecule has 27 heavy (non-hydrogen) atoms. The number of halogens is 1. The molecule has 0 unspecified atom stereocenters. The Morgan fingerprint density at radius 1 is 1.07 bits per heavy atom. The van der Waals surface area contributed by atoms with Crippen molar-refractivity contribution >= 4 is 30.4 Å². The highest BCUT2D eigenvalue weighted by molar-refractivity contribution is 6.76. The first-order valence-corrected chi connectivity index (χ1v) is 12.7. The summed E-state index contributed by atoms with van der Waals surface area (Å²) in [5, 5.41) is 1.65. The van der Waals surface area contributed by atoms with Crippen LogP contribution >= 0.6 is 0 Å². The molecule has 1 aromatic carbocycles. The van der Waals surface area contributed by atoms with E-state index in [1.54, 1.807) is 30.7 Å². The molecule has 0 saturated carbocycles. The van der Waals surface area contributed by atoms with Crippen LogP contribution in [0.4, 0.5) is 15.9 Å². The van der Waals surface area contributed by atoms with Crippen LogP contribution < -0.4 is 4.90 Å². The van der Waals surface area contributed by atoms with Crippen molar-refractivity contribution in [3.8, 4) is 0 Å². The van der Waals surface area contributed by atoms with Crippen LogP contribution in [0.15, 0.2) is 42.9 Å². The van der Waals surface area contributed by atoms with Gasteiger partial charge in [-0.2, -0.15) is 0 Å². The Morgan fingerprint density at radius 3 is 2.52 bits per heavy atom. The largest absolute Gasteiger partial charge is 0.361 e. The number of pyridine rings is 1. The fourth-order valence-corrected chi connectivity index (χ4v) is 3.42. The van der Waals surface area contributed by atoms with E-state index < -0.39 is 8.07 Å². The van der Waals surface area contributed by atoms with Crippen LogP contribution in [-0.4, -0.2) is 36.4 Å². The van der Waals surface area contributed by atoms with Crippen molar-refractivity contribution in [3.63, 3.8) is 0 Å². The van der Waals surface area contributed by atoms with Crippen LogP contribution in [-0.2, 0) is 4.74 Å². The van der Waals surface area contributed by atoms with Crippen LogP contribution in [0.25, 0.3) is 10.8 Å². The average molecular weight is 385 g/mol. The van der Waals surface area contributed by atoms with Gasteiger partial charge in [0, 0.05) is 26.3 Å². The SMILES string of the molecule is Cc1ncc(N(COCC[Si](C)(C)C)c2nccc3cc(F)ccc23)cn1. The lowest BCUT2D eigenvalue weighted by Crippen LogP contribution is -2.26. The van der Waals surface area contributed by atoms with Crippen molar-refractivity contribution in [2.24, 2.45) is 0 Å². The van der Waals surface area contributed by atoms with Crippen molar-refractivity contribution in [1.82, 2.24) is 15.0 Å². The zero-order chi connectivity index (χ0) is 19.4. The number of rotatable bonds is 7. The van der Waals surface area contributed by atoms with E-state index in [9.17, 15) is 4.39 Å². The van der Waals surface area contributed by atoms with E-state index in [4.69, 9.17) is 4.74 Å². The normalized spacial score (nSPS) is 11.7. The zero-order valence-corrected chi connectivity index (χ0v) is 17.2. The highest BCUT2D eigenvalue weighted by atomic mass is 28.3. The second kappa shape index (κ2) is 8.10. The molecule has 5 nitrogen and oxygen atoms in total. The van der Waals surface area contributed by atoms with Gasteiger partial charge in [-0.3, -0.25) is 4.90 Å². The summed E-state index contributed by atoms with van der Waals surface area (Å²) in [5.74, 6) is 1.13. The molecule has 0 radical (unpaired) electrons. The minimum Gasteiger partial charge on any atom is -0.361 e. The first-order chi connectivity index (χ1) is 12.8. The highest BCUT2D eigenvalue weighted by Crippen LogP contribution is 2.30. The molecule has 2 heterocycles. The van der Waals surface area contributed by atoms with Crippen molar-refractivity contribution < 1.29 is 9.13 Å². The van der Waals surface area contributed by atoms with Gasteiger partial charge in [0.05, 0.1) is 18.1 Å². The van der Waals surface area contributed by atoms with Gasteiger partial charge in [0.1, 0.15) is 24.2 Å². The van der Waals surface area contributed by atoms with Gasteiger partial charge in [-0.25, -0.2) is 19.3 Å². The van der Waals surface area contributed by atoms with E-state index in [0.29, 0.717) is 25.0 Å². The van der Waals surface area contributed by atoms with Crippen molar-refractivity contribution in [2.75, 3.05) is 18.2 Å². The Kier molecular flexibility index (Phi) is 5.81. The molecule has 0 aliphatic carbocycles. The summed E-state index contributed by atoms with van der Waals surface area (Å²) >= 11 is 0. The Balaban J connectivity index is 1.93. The van der Waals surface area contributed by atoms with Gasteiger partial charge >= 0.3 is 0 Å². The molecule has 0 saturated heterocycles. The molecule has 0 atom stereocenters.